The lowest BCUT2D eigenvalue weighted by Crippen LogP contribution is -2.46. The summed E-state index contributed by atoms with van der Waals surface area (Å²) < 4.78 is 0. The molecule has 1 saturated heterocycles. The zero-order valence-electron chi connectivity index (χ0n) is 10.6. The van der Waals surface area contributed by atoms with Crippen molar-refractivity contribution in [2.45, 2.75) is 31.7 Å². The van der Waals surface area contributed by atoms with Crippen LogP contribution in [0.3, 0.4) is 0 Å². The maximum atomic E-state index is 12.0. The third-order valence-electron chi connectivity index (χ3n) is 3.84. The van der Waals surface area contributed by atoms with Gasteiger partial charge in [0.1, 0.15) is 0 Å². The van der Waals surface area contributed by atoms with Crippen LogP contribution in [0.15, 0.2) is 11.8 Å². The van der Waals surface area contributed by atoms with E-state index in [4.69, 9.17) is 0 Å². The van der Waals surface area contributed by atoms with Crippen molar-refractivity contribution in [3.05, 3.63) is 11.8 Å². The summed E-state index contributed by atoms with van der Waals surface area (Å²) in [4.78, 5) is 16.4. The Hall–Kier alpha value is -0.830. The van der Waals surface area contributed by atoms with Crippen molar-refractivity contribution in [3.63, 3.8) is 0 Å². The van der Waals surface area contributed by atoms with Gasteiger partial charge in [-0.05, 0) is 38.8 Å². The number of hydrogen-bond acceptors (Lipinski definition) is 3. The summed E-state index contributed by atoms with van der Waals surface area (Å²) in [5, 5.41) is 0. The van der Waals surface area contributed by atoms with Gasteiger partial charge in [-0.1, -0.05) is 0 Å². The van der Waals surface area contributed by atoms with Crippen LogP contribution in [0.1, 0.15) is 25.7 Å². The number of piperidine rings is 1. The van der Waals surface area contributed by atoms with Crippen LogP contribution in [-0.2, 0) is 4.79 Å². The molecule has 2 rings (SSSR count). The quantitative estimate of drug-likeness (QED) is 0.628. The van der Waals surface area contributed by atoms with Crippen LogP contribution in [0, 0.1) is 5.92 Å². The molecule has 0 amide bonds. The summed E-state index contributed by atoms with van der Waals surface area (Å²) in [6.07, 6.45) is 6.18. The van der Waals surface area contributed by atoms with Crippen LogP contribution in [0.2, 0.25) is 0 Å². The molecular weight excluding hydrogens is 200 g/mol. The van der Waals surface area contributed by atoms with Gasteiger partial charge in [-0.3, -0.25) is 4.79 Å². The van der Waals surface area contributed by atoms with E-state index in [1.165, 1.54) is 19.4 Å². The number of fused-ring (bicyclic) bond motifs is 1. The SMILES string of the molecule is CN(C)/C=C1\CC2C(CCCN2C)CC1=O. The van der Waals surface area contributed by atoms with E-state index in [0.717, 1.165) is 18.4 Å². The summed E-state index contributed by atoms with van der Waals surface area (Å²) in [5.41, 5.74) is 1.01. The molecule has 0 N–H and O–H groups in total. The number of hydrogen-bond donors (Lipinski definition) is 0. The average Bonchev–Trinajstić information content (AvgIpc) is 2.20. The molecule has 0 aromatic heterocycles. The third-order valence-corrected chi connectivity index (χ3v) is 3.84. The zero-order chi connectivity index (χ0) is 11.7. The highest BCUT2D eigenvalue weighted by molar-refractivity contribution is 5.96. The molecule has 1 heterocycles. The Bertz CT molecular complexity index is 309. The van der Waals surface area contributed by atoms with Crippen molar-refractivity contribution < 1.29 is 4.79 Å². The molecule has 2 aliphatic rings. The molecule has 1 aliphatic heterocycles. The number of ketones is 1. The fraction of sp³-hybridized carbons (Fsp3) is 0.769. The number of Topliss-reactive ketones (excluding diaryl/α,β-unsaturated/α-hetero) is 1. The van der Waals surface area contributed by atoms with Crippen molar-refractivity contribution in [2.24, 2.45) is 5.92 Å². The number of carbonyl (C=O) groups excluding carboxylic acids is 1. The summed E-state index contributed by atoms with van der Waals surface area (Å²) in [5.74, 6) is 0.968. The first-order chi connectivity index (χ1) is 7.58. The normalized spacial score (nSPS) is 33.9. The Morgan fingerprint density at radius 1 is 1.38 bits per heavy atom. The lowest BCUT2D eigenvalue weighted by molar-refractivity contribution is -0.119. The van der Waals surface area contributed by atoms with Crippen molar-refractivity contribution in [1.82, 2.24) is 9.80 Å². The molecule has 2 atom stereocenters. The van der Waals surface area contributed by atoms with Gasteiger partial charge in [0, 0.05) is 38.3 Å². The molecule has 1 aliphatic carbocycles. The van der Waals surface area contributed by atoms with E-state index in [-0.39, 0.29) is 0 Å². The molecule has 0 radical (unpaired) electrons. The largest absolute Gasteiger partial charge is 0.383 e. The van der Waals surface area contributed by atoms with E-state index in [0.29, 0.717) is 17.7 Å². The smallest absolute Gasteiger partial charge is 0.160 e. The van der Waals surface area contributed by atoms with Gasteiger partial charge in [0.2, 0.25) is 0 Å². The first kappa shape index (κ1) is 11.6. The minimum atomic E-state index is 0.366. The molecule has 1 saturated carbocycles. The predicted molar refractivity (Wildman–Crippen MR) is 65.2 cm³/mol. The van der Waals surface area contributed by atoms with Gasteiger partial charge in [0.15, 0.2) is 5.78 Å². The molecule has 3 nitrogen and oxygen atoms in total. The molecule has 0 aromatic carbocycles. The summed E-state index contributed by atoms with van der Waals surface area (Å²) in [7, 11) is 6.16. The van der Waals surface area contributed by atoms with E-state index < -0.39 is 0 Å². The lowest BCUT2D eigenvalue weighted by Gasteiger charge is -2.42. The summed E-state index contributed by atoms with van der Waals surface area (Å²) in [6.45, 7) is 1.19. The van der Waals surface area contributed by atoms with Crippen molar-refractivity contribution >= 4 is 5.78 Å². The second-order valence-electron chi connectivity index (χ2n) is 5.40. The van der Waals surface area contributed by atoms with Crippen molar-refractivity contribution in [2.75, 3.05) is 27.7 Å². The van der Waals surface area contributed by atoms with Crippen LogP contribution in [-0.4, -0.2) is 49.3 Å². The van der Waals surface area contributed by atoms with E-state index >= 15 is 0 Å². The fourth-order valence-corrected chi connectivity index (χ4v) is 3.03. The molecule has 2 unspecified atom stereocenters. The van der Waals surface area contributed by atoms with Gasteiger partial charge in [-0.2, -0.15) is 0 Å². The maximum absolute atomic E-state index is 12.0. The van der Waals surface area contributed by atoms with E-state index in [1.807, 2.05) is 25.2 Å². The third kappa shape index (κ3) is 2.29. The monoisotopic (exact) mass is 222 g/mol. The fourth-order valence-electron chi connectivity index (χ4n) is 3.03. The van der Waals surface area contributed by atoms with Crippen LogP contribution in [0.25, 0.3) is 0 Å². The molecule has 0 aromatic rings. The van der Waals surface area contributed by atoms with Crippen molar-refractivity contribution in [3.8, 4) is 0 Å². The van der Waals surface area contributed by atoms with E-state index in [9.17, 15) is 4.79 Å². The Balaban J connectivity index is 2.13. The number of carbonyl (C=O) groups is 1. The zero-order valence-corrected chi connectivity index (χ0v) is 10.6. The Morgan fingerprint density at radius 3 is 2.81 bits per heavy atom. The minimum Gasteiger partial charge on any atom is -0.383 e. The van der Waals surface area contributed by atoms with Crippen LogP contribution in [0.4, 0.5) is 0 Å². The highest BCUT2D eigenvalue weighted by atomic mass is 16.1. The van der Waals surface area contributed by atoms with Gasteiger partial charge < -0.3 is 9.80 Å². The first-order valence-corrected chi connectivity index (χ1v) is 6.18. The van der Waals surface area contributed by atoms with Gasteiger partial charge >= 0.3 is 0 Å². The van der Waals surface area contributed by atoms with Crippen LogP contribution < -0.4 is 0 Å². The number of likely N-dealkylation sites (tertiary alicyclic amines) is 1. The first-order valence-electron chi connectivity index (χ1n) is 6.18. The standard InChI is InChI=1S/C13H22N2O/c1-14(2)9-11-7-12-10(8-13(11)16)5-4-6-15(12)3/h9-10,12H,4-8H2,1-3H3/b11-9+. The summed E-state index contributed by atoms with van der Waals surface area (Å²) >= 11 is 0. The summed E-state index contributed by atoms with van der Waals surface area (Å²) in [6, 6.07) is 0.595. The van der Waals surface area contributed by atoms with E-state index in [1.54, 1.807) is 0 Å². The molecule has 0 bridgehead atoms. The van der Waals surface area contributed by atoms with Crippen molar-refractivity contribution in [1.29, 1.82) is 0 Å². The Kier molecular flexibility index (Phi) is 3.33. The van der Waals surface area contributed by atoms with E-state index in [2.05, 4.69) is 11.9 Å². The second-order valence-corrected chi connectivity index (χ2v) is 5.40. The second kappa shape index (κ2) is 4.58. The Labute approximate surface area is 98.1 Å². The van der Waals surface area contributed by atoms with Crippen LogP contribution >= 0.6 is 0 Å². The molecule has 90 valence electrons. The molecule has 0 spiro atoms. The lowest BCUT2D eigenvalue weighted by atomic mass is 9.76. The van der Waals surface area contributed by atoms with Gasteiger partial charge in [-0.15, -0.1) is 0 Å². The average molecular weight is 222 g/mol. The highest BCUT2D eigenvalue weighted by Gasteiger charge is 2.36. The van der Waals surface area contributed by atoms with Gasteiger partial charge in [0.25, 0.3) is 0 Å². The molecule has 16 heavy (non-hydrogen) atoms. The van der Waals surface area contributed by atoms with Crippen LogP contribution in [0.5, 0.6) is 0 Å². The van der Waals surface area contributed by atoms with Gasteiger partial charge in [-0.25, -0.2) is 0 Å². The predicted octanol–water partition coefficient (Wildman–Crippen LogP) is 1.51. The maximum Gasteiger partial charge on any atom is 0.160 e. The van der Waals surface area contributed by atoms with Gasteiger partial charge in [0.05, 0.1) is 0 Å². The topological polar surface area (TPSA) is 23.6 Å². The number of nitrogens with zero attached hydrogens (tertiary/aromatic N) is 2. The number of rotatable bonds is 1. The highest BCUT2D eigenvalue weighted by Crippen LogP contribution is 2.35. The Morgan fingerprint density at radius 2 is 2.12 bits per heavy atom. The minimum absolute atomic E-state index is 0.366. The molecule has 3 heteroatoms. The molecule has 2 fully saturated rings. The molecular formula is C13H22N2O.